The van der Waals surface area contributed by atoms with Gasteiger partial charge in [0.25, 0.3) is 0 Å². The Kier molecular flexibility index (Phi) is 10.9. The van der Waals surface area contributed by atoms with Crippen molar-refractivity contribution in [1.29, 1.82) is 0 Å². The molecule has 9 heteroatoms. The summed E-state index contributed by atoms with van der Waals surface area (Å²) in [5.74, 6) is 1.28. The van der Waals surface area contributed by atoms with E-state index in [2.05, 4.69) is 15.6 Å². The van der Waals surface area contributed by atoms with Gasteiger partial charge in [-0.25, -0.2) is 0 Å². The van der Waals surface area contributed by atoms with E-state index in [9.17, 15) is 9.59 Å². The summed E-state index contributed by atoms with van der Waals surface area (Å²) in [6.07, 6.45) is 4.02. The van der Waals surface area contributed by atoms with Gasteiger partial charge in [0.1, 0.15) is 12.4 Å². The van der Waals surface area contributed by atoms with Crippen LogP contribution in [0.2, 0.25) is 0 Å². The number of carbonyl (C=O) groups excluding carboxylic acids is 2. The van der Waals surface area contributed by atoms with Gasteiger partial charge in [0, 0.05) is 46.1 Å². The van der Waals surface area contributed by atoms with Crippen LogP contribution in [-0.4, -0.2) is 56.0 Å². The molecule has 1 aromatic rings. The number of guanidine groups is 1. The zero-order valence-corrected chi connectivity index (χ0v) is 17.4. The summed E-state index contributed by atoms with van der Waals surface area (Å²) in [6.45, 7) is 2.63. The van der Waals surface area contributed by atoms with E-state index in [1.807, 2.05) is 12.1 Å². The molecule has 0 aliphatic carbocycles. The lowest BCUT2D eigenvalue weighted by molar-refractivity contribution is -0.147. The topological polar surface area (TPSA) is 96.2 Å². The zero-order chi connectivity index (χ0) is 17.9. The van der Waals surface area contributed by atoms with Gasteiger partial charge in [0.2, 0.25) is 11.8 Å². The number of furan rings is 1. The van der Waals surface area contributed by atoms with Crippen molar-refractivity contribution in [2.24, 2.45) is 4.99 Å². The van der Waals surface area contributed by atoms with Crippen LogP contribution in [0.4, 0.5) is 0 Å². The maximum absolute atomic E-state index is 11.7. The SMILES string of the molecule is CN=C(NCCCOCc1ccco1)NCCN1C(=O)CCCC1=O.I. The van der Waals surface area contributed by atoms with Gasteiger partial charge >= 0.3 is 0 Å². The number of imide groups is 1. The first-order chi connectivity index (χ1) is 12.2. The second-order valence-corrected chi connectivity index (χ2v) is 5.70. The molecule has 26 heavy (non-hydrogen) atoms. The van der Waals surface area contributed by atoms with E-state index in [1.165, 1.54) is 4.90 Å². The number of nitrogens with one attached hydrogen (secondary N) is 2. The lowest BCUT2D eigenvalue weighted by atomic mass is 10.1. The summed E-state index contributed by atoms with van der Waals surface area (Å²) in [6, 6.07) is 3.71. The fourth-order valence-electron chi connectivity index (χ4n) is 2.50. The van der Waals surface area contributed by atoms with Crippen LogP contribution < -0.4 is 10.6 Å². The first-order valence-corrected chi connectivity index (χ1v) is 8.58. The minimum atomic E-state index is -0.0882. The van der Waals surface area contributed by atoms with Crippen LogP contribution in [0.3, 0.4) is 0 Å². The van der Waals surface area contributed by atoms with Crippen molar-refractivity contribution in [2.75, 3.05) is 33.3 Å². The van der Waals surface area contributed by atoms with Crippen LogP contribution >= 0.6 is 24.0 Å². The standard InChI is InChI=1S/C17H26N4O4.HI/c1-18-17(19-8-4-11-24-13-14-5-3-12-25-14)20-9-10-21-15(22)6-2-7-16(21)23;/h3,5,12H,2,4,6-11,13H2,1H3,(H2,18,19,20);1H. The Morgan fingerprint density at radius 3 is 2.65 bits per heavy atom. The van der Waals surface area contributed by atoms with Crippen molar-refractivity contribution in [3.05, 3.63) is 24.2 Å². The number of nitrogens with zero attached hydrogens (tertiary/aromatic N) is 2. The molecule has 1 aliphatic heterocycles. The fraction of sp³-hybridized carbons (Fsp3) is 0.588. The molecular weight excluding hydrogens is 451 g/mol. The Morgan fingerprint density at radius 1 is 1.27 bits per heavy atom. The van der Waals surface area contributed by atoms with Gasteiger partial charge in [0.05, 0.1) is 6.26 Å². The van der Waals surface area contributed by atoms with Gasteiger partial charge in [0.15, 0.2) is 5.96 Å². The van der Waals surface area contributed by atoms with Crippen molar-refractivity contribution in [3.8, 4) is 0 Å². The average Bonchev–Trinajstić information content (AvgIpc) is 3.12. The summed E-state index contributed by atoms with van der Waals surface area (Å²) in [7, 11) is 1.68. The molecule has 0 radical (unpaired) electrons. The first kappa shape index (κ1) is 22.4. The predicted octanol–water partition coefficient (Wildman–Crippen LogP) is 1.51. The molecule has 1 aliphatic rings. The Balaban J connectivity index is 0.00000338. The van der Waals surface area contributed by atoms with E-state index >= 15 is 0 Å². The van der Waals surface area contributed by atoms with Crippen molar-refractivity contribution < 1.29 is 18.7 Å². The van der Waals surface area contributed by atoms with Crippen molar-refractivity contribution in [2.45, 2.75) is 32.3 Å². The quantitative estimate of drug-likeness (QED) is 0.184. The summed E-state index contributed by atoms with van der Waals surface area (Å²) in [4.78, 5) is 28.9. The number of hydrogen-bond donors (Lipinski definition) is 2. The van der Waals surface area contributed by atoms with Crippen LogP contribution in [0.5, 0.6) is 0 Å². The maximum atomic E-state index is 11.7. The number of carbonyl (C=O) groups is 2. The number of likely N-dealkylation sites (tertiary alicyclic amines) is 1. The smallest absolute Gasteiger partial charge is 0.229 e. The Morgan fingerprint density at radius 2 is 2.00 bits per heavy atom. The first-order valence-electron chi connectivity index (χ1n) is 8.58. The van der Waals surface area contributed by atoms with E-state index in [0.717, 1.165) is 12.2 Å². The van der Waals surface area contributed by atoms with Gasteiger partial charge in [-0.1, -0.05) is 0 Å². The molecule has 1 aromatic heterocycles. The monoisotopic (exact) mass is 478 g/mol. The number of ether oxygens (including phenoxy) is 1. The molecule has 1 fully saturated rings. The highest BCUT2D eigenvalue weighted by Crippen LogP contribution is 2.11. The fourth-order valence-corrected chi connectivity index (χ4v) is 2.50. The number of rotatable bonds is 9. The Bertz CT molecular complexity index is 561. The molecule has 2 rings (SSSR count). The van der Waals surface area contributed by atoms with E-state index < -0.39 is 0 Å². The molecule has 0 spiro atoms. The minimum absolute atomic E-state index is 0. The van der Waals surface area contributed by atoms with Gasteiger partial charge in [-0.2, -0.15) is 0 Å². The molecule has 0 bridgehead atoms. The molecule has 1 saturated heterocycles. The molecule has 0 unspecified atom stereocenters. The zero-order valence-electron chi connectivity index (χ0n) is 15.0. The van der Waals surface area contributed by atoms with Gasteiger partial charge in [-0.3, -0.25) is 19.5 Å². The number of hydrogen-bond acceptors (Lipinski definition) is 5. The average molecular weight is 478 g/mol. The van der Waals surface area contributed by atoms with E-state index in [0.29, 0.717) is 58.1 Å². The van der Waals surface area contributed by atoms with Crippen molar-refractivity contribution >= 4 is 41.8 Å². The van der Waals surface area contributed by atoms with E-state index in [4.69, 9.17) is 9.15 Å². The molecule has 8 nitrogen and oxygen atoms in total. The second kappa shape index (κ2) is 12.7. The third kappa shape index (κ3) is 7.73. The Labute approximate surface area is 170 Å². The molecule has 2 heterocycles. The highest BCUT2D eigenvalue weighted by molar-refractivity contribution is 14.0. The second-order valence-electron chi connectivity index (χ2n) is 5.70. The van der Waals surface area contributed by atoms with E-state index in [-0.39, 0.29) is 35.8 Å². The lowest BCUT2D eigenvalue weighted by Gasteiger charge is -2.25. The predicted molar refractivity (Wildman–Crippen MR) is 108 cm³/mol. The number of halogens is 1. The maximum Gasteiger partial charge on any atom is 0.229 e. The van der Waals surface area contributed by atoms with E-state index in [1.54, 1.807) is 13.3 Å². The lowest BCUT2D eigenvalue weighted by Crippen LogP contribution is -2.46. The van der Waals surface area contributed by atoms with Gasteiger partial charge < -0.3 is 19.8 Å². The van der Waals surface area contributed by atoms with Gasteiger partial charge in [-0.05, 0) is 25.0 Å². The van der Waals surface area contributed by atoms with Gasteiger partial charge in [-0.15, -0.1) is 24.0 Å². The summed E-state index contributed by atoms with van der Waals surface area (Å²) < 4.78 is 10.7. The normalized spacial score (nSPS) is 15.0. The van der Waals surface area contributed by atoms with Crippen LogP contribution in [0.1, 0.15) is 31.4 Å². The summed E-state index contributed by atoms with van der Waals surface area (Å²) in [5, 5.41) is 6.28. The molecule has 0 atom stereocenters. The van der Waals surface area contributed by atoms with Crippen LogP contribution in [0.15, 0.2) is 27.8 Å². The number of aliphatic imine (C=N–C) groups is 1. The molecule has 0 saturated carbocycles. The number of amides is 2. The van der Waals surface area contributed by atoms with Crippen LogP contribution in [-0.2, 0) is 20.9 Å². The molecule has 2 N–H and O–H groups in total. The molecule has 0 aromatic carbocycles. The van der Waals surface area contributed by atoms with Crippen LogP contribution in [0, 0.1) is 0 Å². The highest BCUT2D eigenvalue weighted by Gasteiger charge is 2.25. The third-order valence-corrected chi connectivity index (χ3v) is 3.82. The molecular formula is C17H27IN4O4. The third-order valence-electron chi connectivity index (χ3n) is 3.82. The molecule has 146 valence electrons. The Hall–Kier alpha value is -1.62. The van der Waals surface area contributed by atoms with Crippen molar-refractivity contribution in [1.82, 2.24) is 15.5 Å². The van der Waals surface area contributed by atoms with Crippen LogP contribution in [0.25, 0.3) is 0 Å². The number of piperidine rings is 1. The molecule has 2 amide bonds. The largest absolute Gasteiger partial charge is 0.467 e. The highest BCUT2D eigenvalue weighted by atomic mass is 127. The van der Waals surface area contributed by atoms with Crippen molar-refractivity contribution in [3.63, 3.8) is 0 Å². The summed E-state index contributed by atoms with van der Waals surface area (Å²) in [5.41, 5.74) is 0. The minimum Gasteiger partial charge on any atom is -0.467 e. The summed E-state index contributed by atoms with van der Waals surface area (Å²) >= 11 is 0.